The summed E-state index contributed by atoms with van der Waals surface area (Å²) in [4.78, 5) is 0. The summed E-state index contributed by atoms with van der Waals surface area (Å²) in [5.41, 5.74) is 0.277. The van der Waals surface area contributed by atoms with Crippen LogP contribution in [-0.4, -0.2) is 5.60 Å². The molecule has 0 unspecified atom stereocenters. The van der Waals surface area contributed by atoms with E-state index in [1.807, 2.05) is 13.8 Å². The number of ether oxygens (including phenoxy) is 1. The van der Waals surface area contributed by atoms with E-state index in [9.17, 15) is 8.78 Å². The van der Waals surface area contributed by atoms with Gasteiger partial charge in [0.2, 0.25) is 0 Å². The summed E-state index contributed by atoms with van der Waals surface area (Å²) >= 11 is 0. The smallest absolute Gasteiger partial charge is 0.126 e. The van der Waals surface area contributed by atoms with Crippen LogP contribution < -0.4 is 0 Å². The topological polar surface area (TPSA) is 9.23 Å². The van der Waals surface area contributed by atoms with Gasteiger partial charge in [0.05, 0.1) is 12.2 Å². The number of rotatable bonds is 5. The standard InChI is InChI=1S/C13H18F2O/c1-4-5-13(2,3)16-9-10-6-11(14)8-12(15)7-10/h6-8H,4-5,9H2,1-3H3. The Morgan fingerprint density at radius 2 is 1.69 bits per heavy atom. The van der Waals surface area contributed by atoms with Gasteiger partial charge in [-0.1, -0.05) is 13.3 Å². The molecule has 0 aromatic heterocycles. The Morgan fingerprint density at radius 3 is 2.19 bits per heavy atom. The molecular formula is C13H18F2O. The quantitative estimate of drug-likeness (QED) is 0.738. The van der Waals surface area contributed by atoms with E-state index in [1.54, 1.807) is 0 Å². The first kappa shape index (κ1) is 13.1. The lowest BCUT2D eigenvalue weighted by atomic mass is 10.0. The molecule has 0 amide bonds. The molecule has 1 aromatic carbocycles. The molecule has 0 radical (unpaired) electrons. The minimum atomic E-state index is -0.563. The molecule has 0 aliphatic carbocycles. The molecule has 0 spiro atoms. The van der Waals surface area contributed by atoms with Crippen molar-refractivity contribution in [3.05, 3.63) is 35.4 Å². The second-order valence-electron chi connectivity index (χ2n) is 4.58. The fourth-order valence-electron chi connectivity index (χ4n) is 1.65. The highest BCUT2D eigenvalue weighted by atomic mass is 19.1. The van der Waals surface area contributed by atoms with E-state index in [-0.39, 0.29) is 12.2 Å². The Morgan fingerprint density at radius 1 is 1.12 bits per heavy atom. The van der Waals surface area contributed by atoms with Crippen molar-refractivity contribution in [3.8, 4) is 0 Å². The predicted molar refractivity (Wildman–Crippen MR) is 60.1 cm³/mol. The molecule has 1 rings (SSSR count). The lowest BCUT2D eigenvalue weighted by Crippen LogP contribution is -2.23. The number of hydrogen-bond donors (Lipinski definition) is 0. The number of hydrogen-bond acceptors (Lipinski definition) is 1. The van der Waals surface area contributed by atoms with Gasteiger partial charge in [0.15, 0.2) is 0 Å². The summed E-state index contributed by atoms with van der Waals surface area (Å²) in [6.07, 6.45) is 1.94. The van der Waals surface area contributed by atoms with Crippen LogP contribution in [0, 0.1) is 11.6 Å². The van der Waals surface area contributed by atoms with Crippen LogP contribution in [0.1, 0.15) is 39.2 Å². The molecule has 0 aliphatic rings. The first-order valence-electron chi connectivity index (χ1n) is 5.52. The second-order valence-corrected chi connectivity index (χ2v) is 4.58. The average Bonchev–Trinajstić information content (AvgIpc) is 2.13. The number of benzene rings is 1. The molecular weight excluding hydrogens is 210 g/mol. The molecule has 0 saturated heterocycles. The Balaban J connectivity index is 2.60. The van der Waals surface area contributed by atoms with E-state index < -0.39 is 11.6 Å². The summed E-state index contributed by atoms with van der Waals surface area (Å²) in [5, 5.41) is 0. The molecule has 16 heavy (non-hydrogen) atoms. The molecule has 0 bridgehead atoms. The predicted octanol–water partition coefficient (Wildman–Crippen LogP) is 4.06. The lowest BCUT2D eigenvalue weighted by molar-refractivity contribution is -0.0355. The van der Waals surface area contributed by atoms with E-state index in [4.69, 9.17) is 4.74 Å². The van der Waals surface area contributed by atoms with Gasteiger partial charge in [-0.2, -0.15) is 0 Å². The van der Waals surface area contributed by atoms with Crippen molar-refractivity contribution in [2.75, 3.05) is 0 Å². The molecule has 90 valence electrons. The van der Waals surface area contributed by atoms with Gasteiger partial charge in [-0.15, -0.1) is 0 Å². The van der Waals surface area contributed by atoms with Crippen LogP contribution in [-0.2, 0) is 11.3 Å². The Bertz CT molecular complexity index is 328. The van der Waals surface area contributed by atoms with Gasteiger partial charge in [-0.05, 0) is 38.0 Å². The zero-order valence-corrected chi connectivity index (χ0v) is 10.0. The summed E-state index contributed by atoms with van der Waals surface area (Å²) in [7, 11) is 0. The van der Waals surface area contributed by atoms with Gasteiger partial charge in [-0.3, -0.25) is 0 Å². The van der Waals surface area contributed by atoms with Crippen molar-refractivity contribution in [2.45, 2.75) is 45.8 Å². The third-order valence-corrected chi connectivity index (χ3v) is 2.40. The zero-order valence-electron chi connectivity index (χ0n) is 10.0. The lowest BCUT2D eigenvalue weighted by Gasteiger charge is -2.24. The van der Waals surface area contributed by atoms with Gasteiger partial charge in [0.25, 0.3) is 0 Å². The Kier molecular flexibility index (Phi) is 4.42. The van der Waals surface area contributed by atoms with Crippen molar-refractivity contribution in [1.29, 1.82) is 0 Å². The normalized spacial score (nSPS) is 11.8. The van der Waals surface area contributed by atoms with Crippen LogP contribution in [0.3, 0.4) is 0 Å². The van der Waals surface area contributed by atoms with Crippen molar-refractivity contribution >= 4 is 0 Å². The first-order chi connectivity index (χ1) is 7.43. The minimum absolute atomic E-state index is 0.238. The van der Waals surface area contributed by atoms with E-state index in [0.29, 0.717) is 5.56 Å². The summed E-state index contributed by atoms with van der Waals surface area (Å²) < 4.78 is 31.4. The molecule has 0 saturated carbocycles. The summed E-state index contributed by atoms with van der Waals surface area (Å²) in [6, 6.07) is 3.46. The third-order valence-electron chi connectivity index (χ3n) is 2.40. The molecule has 1 aromatic rings. The van der Waals surface area contributed by atoms with Crippen molar-refractivity contribution in [2.24, 2.45) is 0 Å². The van der Waals surface area contributed by atoms with Crippen molar-refractivity contribution in [3.63, 3.8) is 0 Å². The molecule has 3 heteroatoms. The van der Waals surface area contributed by atoms with Gasteiger partial charge in [0, 0.05) is 6.07 Å². The molecule has 0 aliphatic heterocycles. The molecule has 0 N–H and O–H groups in total. The van der Waals surface area contributed by atoms with Crippen LogP contribution >= 0.6 is 0 Å². The van der Waals surface area contributed by atoms with Crippen molar-refractivity contribution in [1.82, 2.24) is 0 Å². The highest BCUT2D eigenvalue weighted by molar-refractivity contribution is 5.17. The van der Waals surface area contributed by atoms with Gasteiger partial charge < -0.3 is 4.74 Å². The maximum absolute atomic E-state index is 12.9. The van der Waals surface area contributed by atoms with E-state index in [0.717, 1.165) is 18.9 Å². The summed E-state index contributed by atoms with van der Waals surface area (Å²) in [5.74, 6) is -1.13. The molecule has 0 fully saturated rings. The molecule has 0 atom stereocenters. The van der Waals surface area contributed by atoms with E-state index in [2.05, 4.69) is 6.92 Å². The second kappa shape index (κ2) is 5.39. The Labute approximate surface area is 95.4 Å². The van der Waals surface area contributed by atoms with Gasteiger partial charge in [0.1, 0.15) is 11.6 Å². The maximum atomic E-state index is 12.9. The highest BCUT2D eigenvalue weighted by Gasteiger charge is 2.17. The zero-order chi connectivity index (χ0) is 12.2. The highest BCUT2D eigenvalue weighted by Crippen LogP contribution is 2.19. The Hall–Kier alpha value is -0.960. The van der Waals surface area contributed by atoms with Gasteiger partial charge >= 0.3 is 0 Å². The SMILES string of the molecule is CCCC(C)(C)OCc1cc(F)cc(F)c1. The fourth-order valence-corrected chi connectivity index (χ4v) is 1.65. The van der Waals surface area contributed by atoms with Crippen LogP contribution in [0.15, 0.2) is 18.2 Å². The van der Waals surface area contributed by atoms with E-state index >= 15 is 0 Å². The largest absolute Gasteiger partial charge is 0.371 e. The van der Waals surface area contributed by atoms with Crippen LogP contribution in [0.2, 0.25) is 0 Å². The fraction of sp³-hybridized carbons (Fsp3) is 0.538. The number of halogens is 2. The van der Waals surface area contributed by atoms with Crippen molar-refractivity contribution < 1.29 is 13.5 Å². The van der Waals surface area contributed by atoms with E-state index in [1.165, 1.54) is 12.1 Å². The molecule has 1 nitrogen and oxygen atoms in total. The van der Waals surface area contributed by atoms with Crippen LogP contribution in [0.5, 0.6) is 0 Å². The van der Waals surface area contributed by atoms with Crippen LogP contribution in [0.4, 0.5) is 8.78 Å². The van der Waals surface area contributed by atoms with Crippen LogP contribution in [0.25, 0.3) is 0 Å². The maximum Gasteiger partial charge on any atom is 0.126 e. The first-order valence-corrected chi connectivity index (χ1v) is 5.52. The van der Waals surface area contributed by atoms with Gasteiger partial charge in [-0.25, -0.2) is 8.78 Å². The molecule has 0 heterocycles. The third kappa shape index (κ3) is 4.27. The average molecular weight is 228 g/mol. The monoisotopic (exact) mass is 228 g/mol. The minimum Gasteiger partial charge on any atom is -0.371 e. The summed E-state index contributed by atoms with van der Waals surface area (Å²) in [6.45, 7) is 6.27.